The SMILES string of the molecule is COC(=O)c1cc2ccccc2cc1OCC(=O)NCc1ccc(-c2ccc(Cl)cc2)o1. The van der Waals surface area contributed by atoms with E-state index in [2.05, 4.69) is 5.32 Å². The highest BCUT2D eigenvalue weighted by atomic mass is 35.5. The highest BCUT2D eigenvalue weighted by molar-refractivity contribution is 6.30. The molecule has 0 unspecified atom stereocenters. The maximum atomic E-state index is 12.3. The largest absolute Gasteiger partial charge is 0.483 e. The number of hydrogen-bond donors (Lipinski definition) is 1. The van der Waals surface area contributed by atoms with Crippen molar-refractivity contribution in [1.29, 1.82) is 0 Å². The van der Waals surface area contributed by atoms with Gasteiger partial charge < -0.3 is 19.2 Å². The van der Waals surface area contributed by atoms with Crippen LogP contribution < -0.4 is 10.1 Å². The number of halogens is 1. The Balaban J connectivity index is 1.38. The normalized spacial score (nSPS) is 10.7. The van der Waals surface area contributed by atoms with Crippen LogP contribution in [-0.2, 0) is 16.1 Å². The van der Waals surface area contributed by atoms with Crippen molar-refractivity contribution in [2.45, 2.75) is 6.54 Å². The van der Waals surface area contributed by atoms with Crippen LogP contribution in [0.25, 0.3) is 22.1 Å². The van der Waals surface area contributed by atoms with Crippen LogP contribution in [0.15, 0.2) is 77.2 Å². The zero-order valence-corrected chi connectivity index (χ0v) is 18.0. The Morgan fingerprint density at radius 3 is 2.41 bits per heavy atom. The van der Waals surface area contributed by atoms with E-state index in [4.69, 9.17) is 25.5 Å². The molecule has 4 aromatic rings. The van der Waals surface area contributed by atoms with Gasteiger partial charge in [-0.1, -0.05) is 35.9 Å². The number of carbonyl (C=O) groups excluding carboxylic acids is 2. The van der Waals surface area contributed by atoms with Crippen molar-refractivity contribution < 1.29 is 23.5 Å². The summed E-state index contributed by atoms with van der Waals surface area (Å²) in [6.07, 6.45) is 0. The summed E-state index contributed by atoms with van der Waals surface area (Å²) in [6, 6.07) is 21.9. The second kappa shape index (κ2) is 9.58. The molecular formula is C25H20ClNO5. The van der Waals surface area contributed by atoms with E-state index in [9.17, 15) is 9.59 Å². The van der Waals surface area contributed by atoms with E-state index < -0.39 is 5.97 Å². The molecule has 162 valence electrons. The van der Waals surface area contributed by atoms with Gasteiger partial charge in [-0.2, -0.15) is 0 Å². The molecule has 1 N–H and O–H groups in total. The molecule has 7 heteroatoms. The fourth-order valence-corrected chi connectivity index (χ4v) is 3.36. The molecule has 6 nitrogen and oxygen atoms in total. The number of hydrogen-bond acceptors (Lipinski definition) is 5. The summed E-state index contributed by atoms with van der Waals surface area (Å²) >= 11 is 5.91. The van der Waals surface area contributed by atoms with E-state index in [1.807, 2.05) is 42.5 Å². The van der Waals surface area contributed by atoms with Gasteiger partial charge in [0.05, 0.1) is 13.7 Å². The Morgan fingerprint density at radius 1 is 0.969 bits per heavy atom. The highest BCUT2D eigenvalue weighted by Crippen LogP contribution is 2.27. The number of methoxy groups -OCH3 is 1. The second-order valence-corrected chi connectivity index (χ2v) is 7.46. The molecule has 1 amide bonds. The van der Waals surface area contributed by atoms with Crippen molar-refractivity contribution in [3.8, 4) is 17.1 Å². The predicted molar refractivity (Wildman–Crippen MR) is 122 cm³/mol. The number of ether oxygens (including phenoxy) is 2. The lowest BCUT2D eigenvalue weighted by atomic mass is 10.1. The van der Waals surface area contributed by atoms with Crippen molar-refractivity contribution in [2.24, 2.45) is 0 Å². The molecule has 3 aromatic carbocycles. The summed E-state index contributed by atoms with van der Waals surface area (Å²) in [5, 5.41) is 5.16. The van der Waals surface area contributed by atoms with E-state index in [1.54, 1.807) is 30.3 Å². The Morgan fingerprint density at radius 2 is 1.69 bits per heavy atom. The lowest BCUT2D eigenvalue weighted by Crippen LogP contribution is -2.28. The average Bonchev–Trinajstić information content (AvgIpc) is 3.29. The molecule has 1 aromatic heterocycles. The van der Waals surface area contributed by atoms with Crippen LogP contribution in [0.2, 0.25) is 5.02 Å². The lowest BCUT2D eigenvalue weighted by Gasteiger charge is -2.12. The number of furan rings is 1. The van der Waals surface area contributed by atoms with Gasteiger partial charge in [0.15, 0.2) is 6.61 Å². The topological polar surface area (TPSA) is 77.8 Å². The maximum Gasteiger partial charge on any atom is 0.341 e. The minimum absolute atomic E-state index is 0.206. The van der Waals surface area contributed by atoms with E-state index >= 15 is 0 Å². The molecule has 32 heavy (non-hydrogen) atoms. The van der Waals surface area contributed by atoms with Gasteiger partial charge in [-0.05, 0) is 59.3 Å². The van der Waals surface area contributed by atoms with Crippen molar-refractivity contribution in [3.05, 3.63) is 89.1 Å². The summed E-state index contributed by atoms with van der Waals surface area (Å²) in [6.45, 7) is -0.0511. The minimum Gasteiger partial charge on any atom is -0.483 e. The van der Waals surface area contributed by atoms with E-state index in [0.29, 0.717) is 16.5 Å². The van der Waals surface area contributed by atoms with Crippen molar-refractivity contribution >= 4 is 34.2 Å². The average molecular weight is 450 g/mol. The van der Waals surface area contributed by atoms with Crippen LogP contribution in [0.1, 0.15) is 16.1 Å². The first-order valence-corrected chi connectivity index (χ1v) is 10.3. The van der Waals surface area contributed by atoms with E-state index in [0.717, 1.165) is 16.3 Å². The highest BCUT2D eigenvalue weighted by Gasteiger charge is 2.16. The molecule has 0 atom stereocenters. The van der Waals surface area contributed by atoms with Gasteiger partial charge in [0, 0.05) is 10.6 Å². The van der Waals surface area contributed by atoms with Crippen molar-refractivity contribution in [1.82, 2.24) is 5.32 Å². The zero-order chi connectivity index (χ0) is 22.5. The van der Waals surface area contributed by atoms with E-state index in [1.165, 1.54) is 7.11 Å². The molecular weight excluding hydrogens is 430 g/mol. The summed E-state index contributed by atoms with van der Waals surface area (Å²) in [5.74, 6) is 0.689. The molecule has 0 spiro atoms. The maximum absolute atomic E-state index is 12.3. The fourth-order valence-electron chi connectivity index (χ4n) is 3.23. The molecule has 1 heterocycles. The van der Waals surface area contributed by atoms with Crippen LogP contribution in [0, 0.1) is 0 Å². The fraction of sp³-hybridized carbons (Fsp3) is 0.120. The van der Waals surface area contributed by atoms with Crippen LogP contribution >= 0.6 is 11.6 Å². The molecule has 0 aliphatic heterocycles. The number of carbonyl (C=O) groups is 2. The molecule has 0 radical (unpaired) electrons. The van der Waals surface area contributed by atoms with Crippen molar-refractivity contribution in [2.75, 3.05) is 13.7 Å². The van der Waals surface area contributed by atoms with Gasteiger partial charge in [-0.25, -0.2) is 4.79 Å². The standard InChI is InChI=1S/C25H20ClNO5/c1-30-25(29)21-12-17-4-2-3-5-18(17)13-23(21)31-15-24(28)27-14-20-10-11-22(32-20)16-6-8-19(26)9-7-16/h2-13H,14-15H2,1H3,(H,27,28). The first-order chi connectivity index (χ1) is 15.5. The van der Waals surface area contributed by atoms with Gasteiger partial charge in [-0.3, -0.25) is 4.79 Å². The Hall–Kier alpha value is -3.77. The number of rotatable bonds is 7. The Bertz CT molecular complexity index is 1260. The molecule has 0 fully saturated rings. The number of fused-ring (bicyclic) bond motifs is 1. The lowest BCUT2D eigenvalue weighted by molar-refractivity contribution is -0.123. The molecule has 0 aliphatic rings. The molecule has 0 saturated heterocycles. The predicted octanol–water partition coefficient (Wildman–Crippen LogP) is 5.24. The third-order valence-electron chi connectivity index (χ3n) is 4.86. The van der Waals surface area contributed by atoms with Gasteiger partial charge in [0.25, 0.3) is 5.91 Å². The van der Waals surface area contributed by atoms with Crippen LogP contribution in [0.4, 0.5) is 0 Å². The minimum atomic E-state index is -0.531. The monoisotopic (exact) mass is 449 g/mol. The third-order valence-corrected chi connectivity index (χ3v) is 5.11. The quantitative estimate of drug-likeness (QED) is 0.390. The summed E-state index contributed by atoms with van der Waals surface area (Å²) < 4.78 is 16.3. The van der Waals surface area contributed by atoms with Gasteiger partial charge in [0.1, 0.15) is 22.8 Å². The number of amides is 1. The summed E-state index contributed by atoms with van der Waals surface area (Å²) in [5.41, 5.74) is 1.15. The molecule has 0 saturated carbocycles. The number of esters is 1. The zero-order valence-electron chi connectivity index (χ0n) is 17.3. The van der Waals surface area contributed by atoms with Crippen LogP contribution in [0.3, 0.4) is 0 Å². The van der Waals surface area contributed by atoms with Crippen LogP contribution in [-0.4, -0.2) is 25.6 Å². The van der Waals surface area contributed by atoms with Crippen LogP contribution in [0.5, 0.6) is 5.75 Å². The third kappa shape index (κ3) is 4.92. The summed E-state index contributed by atoms with van der Waals surface area (Å²) in [7, 11) is 1.30. The summed E-state index contributed by atoms with van der Waals surface area (Å²) in [4.78, 5) is 24.5. The Kier molecular flexibility index (Phi) is 6.42. The molecule has 0 bridgehead atoms. The smallest absolute Gasteiger partial charge is 0.341 e. The number of nitrogens with one attached hydrogen (secondary N) is 1. The van der Waals surface area contributed by atoms with Gasteiger partial charge in [0.2, 0.25) is 0 Å². The Labute approximate surface area is 189 Å². The number of benzene rings is 3. The molecule has 4 rings (SSSR count). The van der Waals surface area contributed by atoms with Gasteiger partial charge >= 0.3 is 5.97 Å². The molecule has 0 aliphatic carbocycles. The van der Waals surface area contributed by atoms with Gasteiger partial charge in [-0.15, -0.1) is 0 Å². The van der Waals surface area contributed by atoms with Crippen molar-refractivity contribution in [3.63, 3.8) is 0 Å². The second-order valence-electron chi connectivity index (χ2n) is 7.03. The first kappa shape index (κ1) is 21.5. The first-order valence-electron chi connectivity index (χ1n) is 9.89. The van der Waals surface area contributed by atoms with E-state index in [-0.39, 0.29) is 30.4 Å².